The summed E-state index contributed by atoms with van der Waals surface area (Å²) in [6, 6.07) is 6.09. The van der Waals surface area contributed by atoms with E-state index >= 15 is 0 Å². The van der Waals surface area contributed by atoms with Gasteiger partial charge < -0.3 is 5.32 Å². The predicted octanol–water partition coefficient (Wildman–Crippen LogP) is 1.98. The first-order valence-electron chi connectivity index (χ1n) is 9.38. The van der Waals surface area contributed by atoms with E-state index in [-0.39, 0.29) is 23.4 Å². The van der Waals surface area contributed by atoms with Gasteiger partial charge >= 0.3 is 5.69 Å². The van der Waals surface area contributed by atoms with Crippen LogP contribution in [0.15, 0.2) is 34.0 Å². The van der Waals surface area contributed by atoms with Crippen molar-refractivity contribution in [2.24, 2.45) is 14.1 Å². The van der Waals surface area contributed by atoms with E-state index in [1.165, 1.54) is 39.4 Å². The van der Waals surface area contributed by atoms with E-state index in [0.29, 0.717) is 10.6 Å². The Morgan fingerprint density at radius 1 is 1.17 bits per heavy atom. The minimum absolute atomic E-state index is 0.0228. The maximum atomic E-state index is 12.6. The summed E-state index contributed by atoms with van der Waals surface area (Å²) in [6.07, 6.45) is 1.41. The molecule has 9 nitrogen and oxygen atoms in total. The smallest absolute Gasteiger partial charge is 0.300 e. The number of carbonyl (C=O) groups excluding carboxylic acids is 1. The molecular weight excluding hydrogens is 404 g/mol. The van der Waals surface area contributed by atoms with Crippen molar-refractivity contribution in [3.8, 4) is 0 Å². The van der Waals surface area contributed by atoms with Crippen LogP contribution in [0.1, 0.15) is 26.3 Å². The van der Waals surface area contributed by atoms with Gasteiger partial charge in [-0.15, -0.1) is 0 Å². The van der Waals surface area contributed by atoms with Crippen LogP contribution in [0, 0.1) is 0 Å². The first-order chi connectivity index (χ1) is 14.1. The summed E-state index contributed by atoms with van der Waals surface area (Å²) < 4.78 is 4.63. The Labute approximate surface area is 175 Å². The van der Waals surface area contributed by atoms with Crippen molar-refractivity contribution >= 4 is 43.6 Å². The molecule has 0 saturated carbocycles. The molecule has 0 radical (unpaired) electrons. The molecule has 0 saturated heterocycles. The van der Waals surface area contributed by atoms with Crippen molar-refractivity contribution in [3.63, 3.8) is 0 Å². The molecule has 0 spiro atoms. The lowest BCUT2D eigenvalue weighted by molar-refractivity contribution is -0.116. The summed E-state index contributed by atoms with van der Waals surface area (Å²) in [7, 11) is 2.96. The van der Waals surface area contributed by atoms with E-state index in [4.69, 9.17) is 0 Å². The van der Waals surface area contributed by atoms with Crippen molar-refractivity contribution in [1.29, 1.82) is 0 Å². The number of thiazole rings is 1. The van der Waals surface area contributed by atoms with Gasteiger partial charge in [0.1, 0.15) is 6.54 Å². The SMILES string of the molecule is Cn1c(=O)c2c(cnn2CC(=O)Nc2nc3ccc(C(C)(C)C)cc3s2)n(C)c1=O. The lowest BCUT2D eigenvalue weighted by Crippen LogP contribution is -2.37. The second-order valence-corrected chi connectivity index (χ2v) is 9.27. The van der Waals surface area contributed by atoms with Crippen molar-refractivity contribution in [2.75, 3.05) is 5.32 Å². The topological polar surface area (TPSA) is 104 Å². The number of aromatic nitrogens is 5. The molecule has 1 N–H and O–H groups in total. The average molecular weight is 427 g/mol. The van der Waals surface area contributed by atoms with Crippen LogP contribution < -0.4 is 16.6 Å². The number of anilines is 1. The van der Waals surface area contributed by atoms with E-state index in [1.54, 1.807) is 7.05 Å². The zero-order valence-corrected chi connectivity index (χ0v) is 18.2. The third-order valence-corrected chi connectivity index (χ3v) is 5.99. The molecule has 0 bridgehead atoms. The van der Waals surface area contributed by atoms with Crippen LogP contribution in [-0.2, 0) is 30.8 Å². The molecule has 0 atom stereocenters. The number of nitrogens with one attached hydrogen (secondary N) is 1. The van der Waals surface area contributed by atoms with Crippen molar-refractivity contribution in [1.82, 2.24) is 23.9 Å². The van der Waals surface area contributed by atoms with E-state index in [0.717, 1.165) is 14.8 Å². The standard InChI is InChI=1S/C20H22N6O3S/c1-20(2,3)11-6-7-12-14(8-11)30-18(22-12)23-15(27)10-26-16-13(9-21-26)24(4)19(29)25(5)17(16)28/h6-9H,10H2,1-5H3,(H,22,23,27). The van der Waals surface area contributed by atoms with Crippen LogP contribution >= 0.6 is 11.3 Å². The molecule has 30 heavy (non-hydrogen) atoms. The summed E-state index contributed by atoms with van der Waals surface area (Å²) >= 11 is 1.40. The fraction of sp³-hybridized carbons (Fsp3) is 0.350. The molecule has 0 aliphatic carbocycles. The third kappa shape index (κ3) is 3.32. The quantitative estimate of drug-likeness (QED) is 0.539. The van der Waals surface area contributed by atoms with Gasteiger partial charge in [-0.3, -0.25) is 18.7 Å². The fourth-order valence-electron chi connectivity index (χ4n) is 3.27. The number of carbonyl (C=O) groups is 1. The molecule has 1 amide bonds. The number of fused-ring (bicyclic) bond motifs is 2. The predicted molar refractivity (Wildman–Crippen MR) is 117 cm³/mol. The summed E-state index contributed by atoms with van der Waals surface area (Å²) in [5.74, 6) is -0.356. The molecule has 0 aliphatic heterocycles. The molecule has 3 heterocycles. The number of aryl methyl sites for hydroxylation is 1. The van der Waals surface area contributed by atoms with Crippen LogP contribution in [0.2, 0.25) is 0 Å². The van der Waals surface area contributed by atoms with Gasteiger partial charge in [-0.25, -0.2) is 14.5 Å². The molecule has 4 rings (SSSR count). The van der Waals surface area contributed by atoms with Crippen molar-refractivity contribution < 1.29 is 4.79 Å². The maximum Gasteiger partial charge on any atom is 0.331 e. The molecule has 4 aromatic rings. The monoisotopic (exact) mass is 426 g/mol. The number of hydrogen-bond acceptors (Lipinski definition) is 6. The second-order valence-electron chi connectivity index (χ2n) is 8.24. The van der Waals surface area contributed by atoms with E-state index in [9.17, 15) is 14.4 Å². The van der Waals surface area contributed by atoms with Gasteiger partial charge in [-0.05, 0) is 23.1 Å². The van der Waals surface area contributed by atoms with Crippen LogP contribution in [0.4, 0.5) is 5.13 Å². The highest BCUT2D eigenvalue weighted by molar-refractivity contribution is 7.22. The highest BCUT2D eigenvalue weighted by atomic mass is 32.1. The zero-order valence-electron chi connectivity index (χ0n) is 17.4. The molecule has 3 aromatic heterocycles. The first kappa shape index (κ1) is 20.0. The summed E-state index contributed by atoms with van der Waals surface area (Å²) in [5, 5.41) is 7.39. The Bertz CT molecular complexity index is 1420. The van der Waals surface area contributed by atoms with Crippen LogP contribution in [0.25, 0.3) is 21.3 Å². The molecular formula is C20H22N6O3S. The molecule has 0 unspecified atom stereocenters. The summed E-state index contributed by atoms with van der Waals surface area (Å²) in [4.78, 5) is 41.6. The Morgan fingerprint density at radius 3 is 2.60 bits per heavy atom. The summed E-state index contributed by atoms with van der Waals surface area (Å²) in [5.41, 5.74) is 1.68. The average Bonchev–Trinajstić information content (AvgIpc) is 3.26. The number of hydrogen-bond donors (Lipinski definition) is 1. The van der Waals surface area contributed by atoms with Crippen molar-refractivity contribution in [2.45, 2.75) is 32.7 Å². The lowest BCUT2D eigenvalue weighted by Gasteiger charge is -2.18. The van der Waals surface area contributed by atoms with E-state index < -0.39 is 11.2 Å². The van der Waals surface area contributed by atoms with E-state index in [1.807, 2.05) is 12.1 Å². The van der Waals surface area contributed by atoms with Gasteiger partial charge in [0.05, 0.1) is 21.9 Å². The number of benzene rings is 1. The lowest BCUT2D eigenvalue weighted by atomic mass is 9.87. The molecule has 10 heteroatoms. The van der Waals surface area contributed by atoms with Crippen LogP contribution in [0.3, 0.4) is 0 Å². The minimum atomic E-state index is -0.493. The normalized spacial score (nSPS) is 12.0. The van der Waals surface area contributed by atoms with Gasteiger partial charge in [-0.2, -0.15) is 5.10 Å². The highest BCUT2D eigenvalue weighted by Gasteiger charge is 2.18. The number of amides is 1. The minimum Gasteiger partial charge on any atom is -0.300 e. The number of nitrogens with zero attached hydrogens (tertiary/aromatic N) is 5. The van der Waals surface area contributed by atoms with Gasteiger partial charge in [-0.1, -0.05) is 38.2 Å². The highest BCUT2D eigenvalue weighted by Crippen LogP contribution is 2.31. The molecule has 156 valence electrons. The first-order valence-corrected chi connectivity index (χ1v) is 10.2. The largest absolute Gasteiger partial charge is 0.331 e. The Hall–Kier alpha value is -3.27. The van der Waals surface area contributed by atoms with Gasteiger partial charge in [0.2, 0.25) is 5.91 Å². The molecule has 0 aliphatic rings. The Balaban J connectivity index is 1.61. The maximum absolute atomic E-state index is 12.6. The Kier molecular flexibility index (Phi) is 4.61. The molecule has 0 fully saturated rings. The second kappa shape index (κ2) is 6.91. The Morgan fingerprint density at radius 2 is 1.90 bits per heavy atom. The van der Waals surface area contributed by atoms with Crippen LogP contribution in [-0.4, -0.2) is 29.8 Å². The fourth-order valence-corrected chi connectivity index (χ4v) is 4.20. The van der Waals surface area contributed by atoms with Crippen molar-refractivity contribution in [3.05, 3.63) is 50.8 Å². The third-order valence-electron chi connectivity index (χ3n) is 5.06. The van der Waals surface area contributed by atoms with Gasteiger partial charge in [0.15, 0.2) is 10.6 Å². The van der Waals surface area contributed by atoms with Crippen LogP contribution in [0.5, 0.6) is 0 Å². The van der Waals surface area contributed by atoms with Gasteiger partial charge in [0.25, 0.3) is 5.56 Å². The number of rotatable bonds is 3. The molecule has 1 aromatic carbocycles. The zero-order chi connectivity index (χ0) is 21.8. The summed E-state index contributed by atoms with van der Waals surface area (Å²) in [6.45, 7) is 6.27. The van der Waals surface area contributed by atoms with E-state index in [2.05, 4.69) is 42.2 Å². The van der Waals surface area contributed by atoms with Gasteiger partial charge in [0, 0.05) is 14.1 Å².